The molecule has 0 heterocycles. The first-order valence-corrected chi connectivity index (χ1v) is 23.0. The Morgan fingerprint density at radius 2 is 0.300 bits per heavy atom. The second-order valence-electron chi connectivity index (χ2n) is 19.7. The van der Waals surface area contributed by atoms with Crippen LogP contribution in [0.4, 0.5) is 0 Å². The Balaban J connectivity index is 3.85. The summed E-state index contributed by atoms with van der Waals surface area (Å²) in [5, 5.41) is 0. The minimum Gasteiger partial charge on any atom is -0.328 e. The van der Waals surface area contributed by atoms with Gasteiger partial charge < -0.3 is 17.9 Å². The van der Waals surface area contributed by atoms with Crippen molar-refractivity contribution in [3.63, 3.8) is 0 Å². The van der Waals surface area contributed by atoms with E-state index in [2.05, 4.69) is 70.2 Å². The number of unbranched alkanes of at least 4 members (excludes halogenated alkanes) is 23. The first-order chi connectivity index (χ1) is 23.7. The maximum atomic E-state index is 2.47. The highest BCUT2D eigenvalue weighted by Crippen LogP contribution is 2.16. The summed E-state index contributed by atoms with van der Waals surface area (Å²) in [7, 11) is 19.8. The molecule has 0 unspecified atom stereocenters. The van der Waals surface area contributed by atoms with Gasteiger partial charge >= 0.3 is 0 Å². The van der Waals surface area contributed by atoms with Crippen molar-refractivity contribution in [2.24, 2.45) is 0 Å². The second kappa shape index (κ2) is 31.2. The van der Waals surface area contributed by atoms with Gasteiger partial charge in [-0.2, -0.15) is 0 Å². The molecule has 0 saturated carbocycles. The quantitative estimate of drug-likeness (QED) is 0.0440. The van der Waals surface area contributed by atoms with Gasteiger partial charge in [-0.15, -0.1) is 0 Å². The van der Waals surface area contributed by atoms with Crippen molar-refractivity contribution in [3.05, 3.63) is 0 Å². The van der Waals surface area contributed by atoms with Crippen LogP contribution in [0.3, 0.4) is 0 Å². The first-order valence-electron chi connectivity index (χ1n) is 23.0. The van der Waals surface area contributed by atoms with Gasteiger partial charge in [-0.3, -0.25) is 0 Å². The van der Waals surface area contributed by atoms with E-state index in [4.69, 9.17) is 0 Å². The Bertz CT molecular complexity index is 713. The van der Waals surface area contributed by atoms with E-state index < -0.39 is 0 Å². The van der Waals surface area contributed by atoms with Gasteiger partial charge in [-0.25, -0.2) is 0 Å². The van der Waals surface area contributed by atoms with E-state index in [-0.39, 0.29) is 0 Å². The number of hydrogen-bond acceptors (Lipinski definition) is 0. The largest absolute Gasteiger partial charge is 0.328 e. The summed E-state index contributed by atoms with van der Waals surface area (Å²) in [5.74, 6) is 0. The van der Waals surface area contributed by atoms with Gasteiger partial charge in [0.2, 0.25) is 0 Å². The third-order valence-electron chi connectivity index (χ3n) is 12.1. The van der Waals surface area contributed by atoms with Gasteiger partial charge in [0.05, 0.1) is 109 Å². The Hall–Kier alpha value is -0.160. The third kappa shape index (κ3) is 34.9. The smallest absolute Gasteiger partial charge is 0.0784 e. The molecule has 0 spiro atoms. The molecule has 4 heteroatoms. The first kappa shape index (κ1) is 49.8. The lowest BCUT2D eigenvalue weighted by molar-refractivity contribution is -0.900. The molecular formula is C46H102N4+4. The zero-order valence-corrected chi connectivity index (χ0v) is 37.2. The topological polar surface area (TPSA) is 0 Å². The van der Waals surface area contributed by atoms with Gasteiger partial charge in [-0.1, -0.05) is 129 Å². The lowest BCUT2D eigenvalue weighted by Gasteiger charge is -2.34. The van der Waals surface area contributed by atoms with Crippen molar-refractivity contribution >= 4 is 0 Å². The predicted octanol–water partition coefficient (Wildman–Crippen LogP) is 12.3. The molecule has 0 radical (unpaired) electrons. The SMILES string of the molecule is CCCCCCCCCCCCCC[N+](C)(C)CCCC[N+](C)(C)CCCC[N+](C)(C)CCCC[N+](C)(C)CCCCCCCCCCCC. The Morgan fingerprint density at radius 1 is 0.180 bits per heavy atom. The average Bonchev–Trinajstić information content (AvgIpc) is 3.05. The maximum Gasteiger partial charge on any atom is 0.0784 e. The number of nitrogens with zero attached hydrogens (tertiary/aromatic N) is 4. The zero-order valence-electron chi connectivity index (χ0n) is 37.2. The molecule has 0 aliphatic heterocycles. The molecule has 0 aromatic heterocycles. The monoisotopic (exact) mass is 711 g/mol. The van der Waals surface area contributed by atoms with Crippen molar-refractivity contribution in [2.75, 3.05) is 109 Å². The number of quaternary nitrogens is 4. The van der Waals surface area contributed by atoms with Crippen LogP contribution in [-0.2, 0) is 0 Å². The highest BCUT2D eigenvalue weighted by Gasteiger charge is 2.20. The van der Waals surface area contributed by atoms with E-state index in [1.54, 1.807) is 0 Å². The van der Waals surface area contributed by atoms with Crippen LogP contribution in [0.2, 0.25) is 0 Å². The Labute approximate surface area is 319 Å². The van der Waals surface area contributed by atoms with Crippen LogP contribution in [-0.4, -0.2) is 127 Å². The van der Waals surface area contributed by atoms with Crippen LogP contribution in [0.5, 0.6) is 0 Å². The molecule has 0 atom stereocenters. The molecule has 0 fully saturated rings. The lowest BCUT2D eigenvalue weighted by Crippen LogP contribution is -2.45. The highest BCUT2D eigenvalue weighted by atomic mass is 15.3. The summed E-state index contributed by atoms with van der Waals surface area (Å²) in [6.07, 6.45) is 40.0. The van der Waals surface area contributed by atoms with Gasteiger partial charge in [0.1, 0.15) is 0 Å². The van der Waals surface area contributed by atoms with Crippen molar-refractivity contribution in [2.45, 2.75) is 194 Å². The van der Waals surface area contributed by atoms with Crippen LogP contribution in [0.1, 0.15) is 194 Å². The van der Waals surface area contributed by atoms with Gasteiger partial charge in [0.25, 0.3) is 0 Å². The molecule has 0 aromatic carbocycles. The summed E-state index contributed by atoms with van der Waals surface area (Å²) in [5.41, 5.74) is 0. The summed E-state index contributed by atoms with van der Waals surface area (Å²) >= 11 is 0. The van der Waals surface area contributed by atoms with Gasteiger partial charge in [0.15, 0.2) is 0 Å². The van der Waals surface area contributed by atoms with Crippen molar-refractivity contribution in [1.82, 2.24) is 0 Å². The van der Waals surface area contributed by atoms with Gasteiger partial charge in [0, 0.05) is 38.5 Å². The molecule has 0 rings (SSSR count). The molecule has 0 aliphatic rings. The maximum absolute atomic E-state index is 2.47. The molecule has 0 amide bonds. The van der Waals surface area contributed by atoms with E-state index in [0.29, 0.717) is 0 Å². The lowest BCUT2D eigenvalue weighted by atomic mass is 10.1. The van der Waals surface area contributed by atoms with Crippen molar-refractivity contribution in [3.8, 4) is 0 Å². The summed E-state index contributed by atoms with van der Waals surface area (Å²) in [6.45, 7) is 15.4. The standard InChI is InChI=1S/C46H102N4/c1-11-13-15-17-19-21-23-24-26-28-30-32-40-48(5,6)42-34-36-44-50(9,10)46-38-37-45-49(7,8)43-35-33-41-47(3,4)39-31-29-27-25-22-20-18-16-14-12-2/h11-46H2,1-10H3/q+4. The fourth-order valence-corrected chi connectivity index (χ4v) is 8.09. The van der Waals surface area contributed by atoms with Crippen LogP contribution in [0.25, 0.3) is 0 Å². The highest BCUT2D eigenvalue weighted by molar-refractivity contribution is 4.51. The van der Waals surface area contributed by atoms with E-state index in [1.165, 1.54) is 250 Å². The molecule has 4 nitrogen and oxygen atoms in total. The molecule has 50 heavy (non-hydrogen) atoms. The third-order valence-corrected chi connectivity index (χ3v) is 12.1. The average molecular weight is 711 g/mol. The second-order valence-corrected chi connectivity index (χ2v) is 19.7. The number of hydrogen-bond donors (Lipinski definition) is 0. The van der Waals surface area contributed by atoms with E-state index in [9.17, 15) is 0 Å². The summed E-state index contributed by atoms with van der Waals surface area (Å²) in [6, 6.07) is 0. The van der Waals surface area contributed by atoms with Crippen LogP contribution >= 0.6 is 0 Å². The fraction of sp³-hybridized carbons (Fsp3) is 1.00. The normalized spacial score (nSPS) is 13.1. The van der Waals surface area contributed by atoms with E-state index in [0.717, 1.165) is 0 Å². The molecule has 0 N–H and O–H groups in total. The minimum absolute atomic E-state index is 1.20. The fourth-order valence-electron chi connectivity index (χ4n) is 8.09. The Kier molecular flexibility index (Phi) is 31.1. The van der Waals surface area contributed by atoms with Crippen molar-refractivity contribution in [1.29, 1.82) is 0 Å². The van der Waals surface area contributed by atoms with Crippen LogP contribution in [0.15, 0.2) is 0 Å². The van der Waals surface area contributed by atoms with Gasteiger partial charge in [-0.05, 0) is 25.7 Å². The Morgan fingerprint density at radius 3 is 0.460 bits per heavy atom. The predicted molar refractivity (Wildman–Crippen MR) is 228 cm³/mol. The molecule has 0 saturated heterocycles. The molecule has 0 aliphatic carbocycles. The van der Waals surface area contributed by atoms with Crippen LogP contribution in [0, 0.1) is 0 Å². The molecular weight excluding hydrogens is 609 g/mol. The van der Waals surface area contributed by atoms with E-state index in [1.807, 2.05) is 0 Å². The number of rotatable bonds is 39. The minimum atomic E-state index is 1.20. The zero-order chi connectivity index (χ0) is 37.5. The summed E-state index contributed by atoms with van der Waals surface area (Å²) < 4.78 is 4.83. The van der Waals surface area contributed by atoms with Crippen LogP contribution < -0.4 is 0 Å². The molecule has 302 valence electrons. The molecule has 0 bridgehead atoms. The van der Waals surface area contributed by atoms with Crippen molar-refractivity contribution < 1.29 is 17.9 Å². The molecule has 0 aromatic rings. The van der Waals surface area contributed by atoms with E-state index >= 15 is 0 Å². The summed E-state index contributed by atoms with van der Waals surface area (Å²) in [4.78, 5) is 0.